The standard InChI is InChI=1S/C19H28FNO3/c1-13(2)21(15-8-9-18(23-4)17(20)11-15)19(22)12-24-16-7-5-6-14(3)10-16/h8-9,11,13-14,16H,5-7,10,12H2,1-4H3. The Morgan fingerprint density at radius 1 is 1.38 bits per heavy atom. The van der Waals surface area contributed by atoms with Gasteiger partial charge in [-0.2, -0.15) is 0 Å². The van der Waals surface area contributed by atoms with Gasteiger partial charge in [-0.05, 0) is 44.7 Å². The summed E-state index contributed by atoms with van der Waals surface area (Å²) in [7, 11) is 1.42. The number of rotatable bonds is 6. The molecule has 0 bridgehead atoms. The summed E-state index contributed by atoms with van der Waals surface area (Å²) in [6.45, 7) is 6.06. The number of benzene rings is 1. The van der Waals surface area contributed by atoms with Crippen molar-refractivity contribution in [3.05, 3.63) is 24.0 Å². The van der Waals surface area contributed by atoms with Crippen LogP contribution in [0.25, 0.3) is 0 Å². The molecule has 1 aromatic carbocycles. The van der Waals surface area contributed by atoms with Crippen molar-refractivity contribution in [3.8, 4) is 5.75 Å². The van der Waals surface area contributed by atoms with Crippen LogP contribution in [0.3, 0.4) is 0 Å². The number of hydrogen-bond donors (Lipinski definition) is 0. The van der Waals surface area contributed by atoms with E-state index in [0.717, 1.165) is 19.3 Å². The lowest BCUT2D eigenvalue weighted by atomic mass is 9.89. The highest BCUT2D eigenvalue weighted by atomic mass is 19.1. The van der Waals surface area contributed by atoms with Crippen molar-refractivity contribution in [2.45, 2.75) is 58.6 Å². The third-order valence-corrected chi connectivity index (χ3v) is 4.53. The van der Waals surface area contributed by atoms with E-state index in [9.17, 15) is 9.18 Å². The van der Waals surface area contributed by atoms with E-state index in [-0.39, 0.29) is 30.4 Å². The van der Waals surface area contributed by atoms with Crippen LogP contribution < -0.4 is 9.64 Å². The first-order valence-corrected chi connectivity index (χ1v) is 8.69. The highest BCUT2D eigenvalue weighted by molar-refractivity contribution is 5.94. The highest BCUT2D eigenvalue weighted by Crippen LogP contribution is 2.27. The molecule has 1 aliphatic rings. The van der Waals surface area contributed by atoms with Gasteiger partial charge in [-0.15, -0.1) is 0 Å². The first-order chi connectivity index (χ1) is 11.4. The van der Waals surface area contributed by atoms with Gasteiger partial charge in [0.2, 0.25) is 0 Å². The van der Waals surface area contributed by atoms with Crippen LogP contribution in [0.1, 0.15) is 46.5 Å². The molecule has 2 unspecified atom stereocenters. The Morgan fingerprint density at radius 3 is 2.71 bits per heavy atom. The van der Waals surface area contributed by atoms with Crippen LogP contribution in [-0.4, -0.2) is 31.8 Å². The Kier molecular flexibility index (Phi) is 6.60. The van der Waals surface area contributed by atoms with Gasteiger partial charge < -0.3 is 14.4 Å². The molecule has 0 heterocycles. The zero-order chi connectivity index (χ0) is 17.7. The summed E-state index contributed by atoms with van der Waals surface area (Å²) < 4.78 is 24.7. The molecule has 4 nitrogen and oxygen atoms in total. The van der Waals surface area contributed by atoms with Crippen LogP contribution in [0.2, 0.25) is 0 Å². The van der Waals surface area contributed by atoms with Gasteiger partial charge in [-0.3, -0.25) is 4.79 Å². The molecule has 0 spiro atoms. The SMILES string of the molecule is COc1ccc(N(C(=O)COC2CCCC(C)C2)C(C)C)cc1F. The number of carbonyl (C=O) groups excluding carboxylic acids is 1. The van der Waals surface area contributed by atoms with Gasteiger partial charge >= 0.3 is 0 Å². The summed E-state index contributed by atoms with van der Waals surface area (Å²) in [4.78, 5) is 14.2. The van der Waals surface area contributed by atoms with Crippen LogP contribution in [-0.2, 0) is 9.53 Å². The predicted molar refractivity (Wildman–Crippen MR) is 92.9 cm³/mol. The van der Waals surface area contributed by atoms with Crippen LogP contribution in [0, 0.1) is 11.7 Å². The number of ether oxygens (including phenoxy) is 2. The molecule has 0 aliphatic heterocycles. The second-order valence-electron chi connectivity index (χ2n) is 6.88. The van der Waals surface area contributed by atoms with E-state index in [1.165, 1.54) is 25.7 Å². The molecular weight excluding hydrogens is 309 g/mol. The fourth-order valence-corrected chi connectivity index (χ4v) is 3.32. The van der Waals surface area contributed by atoms with Crippen molar-refractivity contribution < 1.29 is 18.7 Å². The van der Waals surface area contributed by atoms with Gasteiger partial charge in [-0.1, -0.05) is 19.8 Å². The molecule has 24 heavy (non-hydrogen) atoms. The van der Waals surface area contributed by atoms with Crippen molar-refractivity contribution in [2.75, 3.05) is 18.6 Å². The molecule has 0 aromatic heterocycles. The molecule has 0 radical (unpaired) electrons. The van der Waals surface area contributed by atoms with E-state index in [2.05, 4.69) is 6.92 Å². The molecule has 1 aromatic rings. The summed E-state index contributed by atoms with van der Waals surface area (Å²) in [6, 6.07) is 4.48. The second-order valence-corrected chi connectivity index (χ2v) is 6.88. The van der Waals surface area contributed by atoms with E-state index >= 15 is 0 Å². The molecule has 1 aliphatic carbocycles. The average Bonchev–Trinajstić information content (AvgIpc) is 2.53. The lowest BCUT2D eigenvalue weighted by Gasteiger charge is -2.30. The maximum Gasteiger partial charge on any atom is 0.253 e. The Hall–Kier alpha value is -1.62. The van der Waals surface area contributed by atoms with Gasteiger partial charge in [0.05, 0.1) is 13.2 Å². The van der Waals surface area contributed by atoms with Gasteiger partial charge in [0.15, 0.2) is 11.6 Å². The Balaban J connectivity index is 2.04. The van der Waals surface area contributed by atoms with E-state index < -0.39 is 5.82 Å². The monoisotopic (exact) mass is 337 g/mol. The number of nitrogens with zero attached hydrogens (tertiary/aromatic N) is 1. The molecule has 1 saturated carbocycles. The smallest absolute Gasteiger partial charge is 0.253 e. The Bertz CT molecular complexity index is 562. The molecule has 0 N–H and O–H groups in total. The number of hydrogen-bond acceptors (Lipinski definition) is 3. The quantitative estimate of drug-likeness (QED) is 0.782. The summed E-state index contributed by atoms with van der Waals surface area (Å²) in [6.07, 6.45) is 4.55. The number of amides is 1. The van der Waals surface area contributed by atoms with Crippen LogP contribution >= 0.6 is 0 Å². The summed E-state index contributed by atoms with van der Waals surface area (Å²) in [5, 5.41) is 0. The van der Waals surface area contributed by atoms with Crippen molar-refractivity contribution in [3.63, 3.8) is 0 Å². The van der Waals surface area contributed by atoms with Crippen molar-refractivity contribution in [1.29, 1.82) is 0 Å². The molecule has 1 fully saturated rings. The zero-order valence-electron chi connectivity index (χ0n) is 15.0. The topological polar surface area (TPSA) is 38.8 Å². The minimum absolute atomic E-state index is 0.0310. The first-order valence-electron chi connectivity index (χ1n) is 8.69. The van der Waals surface area contributed by atoms with Crippen molar-refractivity contribution >= 4 is 11.6 Å². The molecule has 2 rings (SSSR count). The van der Waals surface area contributed by atoms with Gasteiger partial charge in [0.1, 0.15) is 6.61 Å². The third kappa shape index (κ3) is 4.69. The predicted octanol–water partition coefficient (Wildman–Crippen LogP) is 4.17. The minimum atomic E-state index is -0.476. The van der Waals surface area contributed by atoms with Gasteiger partial charge in [-0.25, -0.2) is 4.39 Å². The average molecular weight is 337 g/mol. The zero-order valence-corrected chi connectivity index (χ0v) is 15.0. The van der Waals surface area contributed by atoms with Crippen molar-refractivity contribution in [2.24, 2.45) is 5.92 Å². The lowest BCUT2D eigenvalue weighted by molar-refractivity contribution is -0.126. The van der Waals surface area contributed by atoms with Gasteiger partial charge in [0, 0.05) is 17.8 Å². The van der Waals surface area contributed by atoms with Crippen LogP contribution in [0.15, 0.2) is 18.2 Å². The second kappa shape index (κ2) is 8.47. The van der Waals surface area contributed by atoms with E-state index in [4.69, 9.17) is 9.47 Å². The number of halogens is 1. The Morgan fingerprint density at radius 2 is 2.12 bits per heavy atom. The lowest BCUT2D eigenvalue weighted by Crippen LogP contribution is -2.40. The van der Waals surface area contributed by atoms with E-state index in [1.54, 1.807) is 11.0 Å². The van der Waals surface area contributed by atoms with Crippen molar-refractivity contribution in [1.82, 2.24) is 0 Å². The molecule has 2 atom stereocenters. The number of methoxy groups -OCH3 is 1. The third-order valence-electron chi connectivity index (χ3n) is 4.53. The molecule has 5 heteroatoms. The molecule has 1 amide bonds. The fraction of sp³-hybridized carbons (Fsp3) is 0.632. The van der Waals surface area contributed by atoms with E-state index in [0.29, 0.717) is 11.6 Å². The van der Waals surface area contributed by atoms with Crippen LogP contribution in [0.5, 0.6) is 5.75 Å². The summed E-state index contributed by atoms with van der Waals surface area (Å²) in [5.74, 6) is 0.196. The minimum Gasteiger partial charge on any atom is -0.494 e. The Labute approximate surface area is 143 Å². The maximum atomic E-state index is 14.0. The normalized spacial score (nSPS) is 20.9. The fourth-order valence-electron chi connectivity index (χ4n) is 3.32. The summed E-state index contributed by atoms with van der Waals surface area (Å²) >= 11 is 0. The molecule has 0 saturated heterocycles. The highest BCUT2D eigenvalue weighted by Gasteiger charge is 2.24. The summed E-state index contributed by atoms with van der Waals surface area (Å²) in [5.41, 5.74) is 0.522. The van der Waals surface area contributed by atoms with Crippen LogP contribution in [0.4, 0.5) is 10.1 Å². The molecule has 134 valence electrons. The number of carbonyl (C=O) groups is 1. The maximum absolute atomic E-state index is 14.0. The largest absolute Gasteiger partial charge is 0.494 e. The molecular formula is C19H28FNO3. The first kappa shape index (κ1) is 18.7. The van der Waals surface area contributed by atoms with E-state index in [1.807, 2.05) is 13.8 Å². The number of anilines is 1. The van der Waals surface area contributed by atoms with Gasteiger partial charge in [0.25, 0.3) is 5.91 Å².